The van der Waals surface area contributed by atoms with Gasteiger partial charge in [-0.25, -0.2) is 14.6 Å². The molecule has 1 aromatic heterocycles. The van der Waals surface area contributed by atoms with E-state index >= 15 is 0 Å². The number of unbranched alkanes of at least 4 members (excludes halogenated alkanes) is 5. The zero-order valence-corrected chi connectivity index (χ0v) is 29.2. The van der Waals surface area contributed by atoms with Crippen LogP contribution in [-0.4, -0.2) is 59.3 Å². The van der Waals surface area contributed by atoms with Gasteiger partial charge < -0.3 is 25.3 Å². The van der Waals surface area contributed by atoms with Crippen molar-refractivity contribution in [3.05, 3.63) is 82.4 Å². The number of rotatable bonds is 23. The third-order valence-electron chi connectivity index (χ3n) is 8.12. The summed E-state index contributed by atoms with van der Waals surface area (Å²) in [5.41, 5.74) is 7.51. The van der Waals surface area contributed by atoms with Gasteiger partial charge in [-0.2, -0.15) is 0 Å². The fourth-order valence-electron chi connectivity index (χ4n) is 5.43. The monoisotopic (exact) mass is 676 g/mol. The smallest absolute Gasteiger partial charge is 0.343 e. The molecule has 3 aromatic rings. The van der Waals surface area contributed by atoms with Gasteiger partial charge in [-0.15, -0.1) is 0 Å². The largest absolute Gasteiger partial charge is 0.492 e. The zero-order chi connectivity index (χ0) is 35.4. The number of esters is 2. The van der Waals surface area contributed by atoms with E-state index in [0.29, 0.717) is 36.8 Å². The van der Waals surface area contributed by atoms with Crippen LogP contribution in [0.5, 0.6) is 5.75 Å². The number of ether oxygens (including phenoxy) is 3. The Morgan fingerprint density at radius 2 is 1.63 bits per heavy atom. The van der Waals surface area contributed by atoms with E-state index < -0.39 is 30.0 Å². The van der Waals surface area contributed by atoms with Crippen LogP contribution in [0.3, 0.4) is 0 Å². The summed E-state index contributed by atoms with van der Waals surface area (Å²) < 4.78 is 18.5. The first-order valence-corrected chi connectivity index (χ1v) is 17.5. The number of aromatic nitrogens is 2. The first kappa shape index (κ1) is 39.1. The number of primary amides is 1. The predicted molar refractivity (Wildman–Crippen MR) is 189 cm³/mol. The Bertz CT molecular complexity index is 1510. The van der Waals surface area contributed by atoms with Crippen LogP contribution in [0.15, 0.2) is 65.5 Å². The Balaban J connectivity index is 1.54. The molecule has 0 spiro atoms. The summed E-state index contributed by atoms with van der Waals surface area (Å²) in [4.78, 5) is 55.0. The molecule has 0 bridgehead atoms. The summed E-state index contributed by atoms with van der Waals surface area (Å²) in [5, 5.41) is 3.13. The lowest BCUT2D eigenvalue weighted by Crippen LogP contribution is -2.42. The maximum absolute atomic E-state index is 13.0. The molecule has 2 aromatic carbocycles. The fraction of sp³-hybridized carbons (Fsp3) is 0.500. The highest BCUT2D eigenvalue weighted by molar-refractivity contribution is 5.91. The van der Waals surface area contributed by atoms with E-state index in [1.165, 1.54) is 19.3 Å². The first-order valence-electron chi connectivity index (χ1n) is 17.5. The van der Waals surface area contributed by atoms with Gasteiger partial charge in [0.2, 0.25) is 5.91 Å². The van der Waals surface area contributed by atoms with Crippen molar-refractivity contribution in [3.8, 4) is 17.0 Å². The van der Waals surface area contributed by atoms with Crippen molar-refractivity contribution in [2.45, 2.75) is 104 Å². The van der Waals surface area contributed by atoms with Crippen molar-refractivity contribution in [3.63, 3.8) is 0 Å². The van der Waals surface area contributed by atoms with Crippen molar-refractivity contribution in [1.29, 1.82) is 0 Å². The molecule has 0 aliphatic rings. The minimum absolute atomic E-state index is 0.00526. The highest BCUT2D eigenvalue weighted by Crippen LogP contribution is 2.17. The third-order valence-corrected chi connectivity index (χ3v) is 8.12. The second-order valence-corrected chi connectivity index (χ2v) is 11.9. The molecule has 3 rings (SSSR count). The summed E-state index contributed by atoms with van der Waals surface area (Å²) in [6.07, 6.45) is 6.50. The van der Waals surface area contributed by atoms with Gasteiger partial charge in [-0.05, 0) is 44.0 Å². The van der Waals surface area contributed by atoms with E-state index in [2.05, 4.69) is 12.2 Å². The summed E-state index contributed by atoms with van der Waals surface area (Å²) in [7, 11) is 0. The lowest BCUT2D eigenvalue weighted by molar-refractivity contribution is -0.169. The topological polar surface area (TPSA) is 152 Å². The number of carbonyl (C=O) groups excluding carboxylic acids is 3. The number of hydrogen-bond acceptors (Lipinski definition) is 9. The van der Waals surface area contributed by atoms with Crippen LogP contribution in [-0.2, 0) is 43.2 Å². The maximum Gasteiger partial charge on any atom is 0.343 e. The number of hydrogen-bond donors (Lipinski definition) is 2. The number of aryl methyl sites for hydroxylation is 1. The molecule has 0 aliphatic carbocycles. The maximum atomic E-state index is 13.0. The Labute approximate surface area is 289 Å². The van der Waals surface area contributed by atoms with Gasteiger partial charge in [0.1, 0.15) is 24.2 Å². The quantitative estimate of drug-likeness (QED) is 0.0789. The number of amides is 1. The van der Waals surface area contributed by atoms with Gasteiger partial charge in [0.25, 0.3) is 5.56 Å². The van der Waals surface area contributed by atoms with Gasteiger partial charge in [0.15, 0.2) is 6.10 Å². The van der Waals surface area contributed by atoms with Crippen molar-refractivity contribution >= 4 is 17.8 Å². The van der Waals surface area contributed by atoms with Gasteiger partial charge in [0, 0.05) is 37.5 Å². The number of nitrogens with one attached hydrogen (secondary N) is 1. The van der Waals surface area contributed by atoms with Gasteiger partial charge in [-0.3, -0.25) is 14.2 Å². The lowest BCUT2D eigenvalue weighted by atomic mass is 10.1. The summed E-state index contributed by atoms with van der Waals surface area (Å²) in [6.45, 7) is 7.30. The normalized spacial score (nSPS) is 12.3. The van der Waals surface area contributed by atoms with Crippen LogP contribution in [0.2, 0.25) is 0 Å². The summed E-state index contributed by atoms with van der Waals surface area (Å²) >= 11 is 0. The second kappa shape index (κ2) is 21.6. The highest BCUT2D eigenvalue weighted by atomic mass is 16.6. The van der Waals surface area contributed by atoms with Crippen molar-refractivity contribution in [1.82, 2.24) is 14.9 Å². The van der Waals surface area contributed by atoms with Crippen LogP contribution in [0.25, 0.3) is 11.3 Å². The lowest BCUT2D eigenvalue weighted by Gasteiger charge is -2.19. The molecular weight excluding hydrogens is 624 g/mol. The molecule has 1 amide bonds. The third kappa shape index (κ3) is 13.6. The van der Waals surface area contributed by atoms with Crippen molar-refractivity contribution in [2.24, 2.45) is 5.73 Å². The van der Waals surface area contributed by atoms with Gasteiger partial charge in [-0.1, -0.05) is 88.4 Å². The molecule has 11 nitrogen and oxygen atoms in total. The molecule has 0 fully saturated rings. The molecule has 49 heavy (non-hydrogen) atoms. The van der Waals surface area contributed by atoms with Crippen molar-refractivity contribution in [2.75, 3.05) is 19.8 Å². The van der Waals surface area contributed by atoms with Crippen LogP contribution < -0.4 is 21.3 Å². The van der Waals surface area contributed by atoms with Crippen LogP contribution >= 0.6 is 0 Å². The van der Waals surface area contributed by atoms with E-state index in [1.807, 2.05) is 49.4 Å². The molecule has 0 saturated heterocycles. The van der Waals surface area contributed by atoms with Crippen LogP contribution in [0.4, 0.5) is 0 Å². The molecular formula is C38H52N4O7. The number of nitrogens with two attached hydrogens (primary N) is 1. The van der Waals surface area contributed by atoms with E-state index in [4.69, 9.17) is 24.9 Å². The summed E-state index contributed by atoms with van der Waals surface area (Å²) in [6, 6.07) is 17.5. The first-order chi connectivity index (χ1) is 23.7. The predicted octanol–water partition coefficient (Wildman–Crippen LogP) is 5.15. The zero-order valence-electron chi connectivity index (χ0n) is 29.2. The number of carbonyl (C=O) groups is 3. The minimum Gasteiger partial charge on any atom is -0.492 e. The number of nitrogens with zero attached hydrogens (tertiary/aromatic N) is 2. The molecule has 0 saturated carbocycles. The molecule has 2 atom stereocenters. The van der Waals surface area contributed by atoms with Crippen molar-refractivity contribution < 1.29 is 28.6 Å². The fourth-order valence-corrected chi connectivity index (χ4v) is 5.43. The van der Waals surface area contributed by atoms with Gasteiger partial charge >= 0.3 is 11.9 Å². The van der Waals surface area contributed by atoms with Gasteiger partial charge in [0.05, 0.1) is 12.2 Å². The van der Waals surface area contributed by atoms with E-state index in [9.17, 15) is 19.2 Å². The van der Waals surface area contributed by atoms with E-state index in [-0.39, 0.29) is 38.0 Å². The Morgan fingerprint density at radius 3 is 2.31 bits per heavy atom. The Morgan fingerprint density at radius 1 is 0.918 bits per heavy atom. The minimum atomic E-state index is -0.998. The molecule has 0 aliphatic heterocycles. The molecule has 0 radical (unpaired) electrons. The Kier molecular flexibility index (Phi) is 17.2. The highest BCUT2D eigenvalue weighted by Gasteiger charge is 2.28. The Hall–Kier alpha value is -4.35. The van der Waals surface area contributed by atoms with Crippen LogP contribution in [0, 0.1) is 0 Å². The average Bonchev–Trinajstić information content (AvgIpc) is 3.10. The standard InChI is InChI=1S/C38H52N4O7/c1-4-7-8-9-10-14-23-40-31(21-22-34(39)43)37(45)49-38(46)33(47-6-3)26-28-17-19-30(20-18-28)48-25-24-42-35(5-2)41-32(27-36(42)44)29-15-12-11-13-16-29/h11-13,15-20,27,31,33,40H,4-10,14,21-26H2,1-3H3,(H2,39,43)/t31-,33?/m0/s1. The molecule has 3 N–H and O–H groups in total. The average molecular weight is 677 g/mol. The number of benzene rings is 2. The molecule has 1 heterocycles. The SMILES string of the molecule is CCCCCCCCN[C@@H](CCC(N)=O)C(=O)OC(=O)C(Cc1ccc(OCCn2c(CC)nc(-c3ccccc3)cc2=O)cc1)OCC. The molecule has 1 unspecified atom stereocenters. The summed E-state index contributed by atoms with van der Waals surface area (Å²) in [5.74, 6) is -0.782. The van der Waals surface area contributed by atoms with E-state index in [0.717, 1.165) is 30.4 Å². The van der Waals surface area contributed by atoms with Crippen LogP contribution in [0.1, 0.15) is 83.5 Å². The molecule has 266 valence electrons. The van der Waals surface area contributed by atoms with E-state index in [1.54, 1.807) is 29.7 Å². The second-order valence-electron chi connectivity index (χ2n) is 11.9. The molecule has 11 heteroatoms.